The lowest BCUT2D eigenvalue weighted by molar-refractivity contribution is 0.0950. The fourth-order valence-corrected chi connectivity index (χ4v) is 2.69. The molecule has 1 aromatic carbocycles. The summed E-state index contributed by atoms with van der Waals surface area (Å²) in [6.07, 6.45) is 6.86. The molecule has 1 aliphatic heterocycles. The van der Waals surface area contributed by atoms with Crippen LogP contribution in [0.25, 0.3) is 0 Å². The highest BCUT2D eigenvalue weighted by molar-refractivity contribution is 5.93. The van der Waals surface area contributed by atoms with Crippen LogP contribution in [0.1, 0.15) is 40.7 Å². The molecule has 0 spiro atoms. The van der Waals surface area contributed by atoms with Crippen LogP contribution in [0.5, 0.6) is 0 Å². The number of benzene rings is 1. The molecule has 1 N–H and O–H groups in total. The van der Waals surface area contributed by atoms with Crippen LogP contribution < -0.4 is 10.2 Å². The van der Waals surface area contributed by atoms with Crippen molar-refractivity contribution in [2.45, 2.75) is 32.7 Å². The summed E-state index contributed by atoms with van der Waals surface area (Å²) in [5.41, 5.74) is 2.79. The van der Waals surface area contributed by atoms with E-state index < -0.39 is 0 Å². The van der Waals surface area contributed by atoms with Crippen molar-refractivity contribution in [2.75, 3.05) is 18.0 Å². The van der Waals surface area contributed by atoms with Crippen LogP contribution in [0.3, 0.4) is 0 Å². The molecule has 0 unspecified atom stereocenters. The molecular weight excluding hydrogens is 288 g/mol. The molecule has 0 atom stereocenters. The third-order valence-electron chi connectivity index (χ3n) is 4.11. The number of amides is 1. The van der Waals surface area contributed by atoms with Crippen LogP contribution in [-0.4, -0.2) is 29.0 Å². The summed E-state index contributed by atoms with van der Waals surface area (Å²) < 4.78 is 0. The Morgan fingerprint density at radius 1 is 1.09 bits per heavy atom. The molecule has 0 aliphatic carbocycles. The van der Waals surface area contributed by atoms with Gasteiger partial charge in [-0.1, -0.05) is 29.8 Å². The number of piperidine rings is 1. The Bertz CT molecular complexity index is 646. The minimum atomic E-state index is -0.143. The molecule has 1 saturated heterocycles. The lowest BCUT2D eigenvalue weighted by Gasteiger charge is -2.26. The van der Waals surface area contributed by atoms with Gasteiger partial charge >= 0.3 is 0 Å². The van der Waals surface area contributed by atoms with Gasteiger partial charge in [-0.05, 0) is 31.7 Å². The average Bonchev–Trinajstić information content (AvgIpc) is 2.62. The summed E-state index contributed by atoms with van der Waals surface area (Å²) in [5.74, 6) is 0.579. The van der Waals surface area contributed by atoms with Crippen molar-refractivity contribution >= 4 is 11.9 Å². The molecule has 120 valence electrons. The quantitative estimate of drug-likeness (QED) is 0.943. The van der Waals surface area contributed by atoms with E-state index in [1.165, 1.54) is 24.8 Å². The zero-order valence-corrected chi connectivity index (χ0v) is 13.5. The van der Waals surface area contributed by atoms with Crippen molar-refractivity contribution < 1.29 is 4.79 Å². The number of aromatic nitrogens is 2. The summed E-state index contributed by atoms with van der Waals surface area (Å²) in [5, 5.41) is 2.90. The van der Waals surface area contributed by atoms with E-state index in [9.17, 15) is 4.79 Å². The number of carbonyl (C=O) groups is 1. The lowest BCUT2D eigenvalue weighted by Crippen LogP contribution is -2.31. The summed E-state index contributed by atoms with van der Waals surface area (Å²) in [4.78, 5) is 23.0. The highest BCUT2D eigenvalue weighted by Gasteiger charge is 2.14. The molecule has 1 aromatic heterocycles. The summed E-state index contributed by atoms with van der Waals surface area (Å²) in [6, 6.07) is 8.12. The van der Waals surface area contributed by atoms with Crippen molar-refractivity contribution in [2.24, 2.45) is 0 Å². The van der Waals surface area contributed by atoms with Crippen molar-refractivity contribution in [3.63, 3.8) is 0 Å². The first kappa shape index (κ1) is 15.5. The third kappa shape index (κ3) is 4.06. The summed E-state index contributed by atoms with van der Waals surface area (Å²) in [7, 11) is 0. The van der Waals surface area contributed by atoms with Crippen LogP contribution in [-0.2, 0) is 6.54 Å². The molecule has 1 amide bonds. The second-order valence-electron chi connectivity index (χ2n) is 5.99. The number of rotatable bonds is 4. The molecule has 0 saturated carbocycles. The predicted octanol–water partition coefficient (Wildman–Crippen LogP) is 2.71. The van der Waals surface area contributed by atoms with Gasteiger partial charge in [-0.25, -0.2) is 9.97 Å². The molecule has 1 aliphatic rings. The molecule has 2 aromatic rings. The Hall–Kier alpha value is -2.43. The standard InChI is InChI=1S/C18H22N4O/c1-14-5-7-15(8-6-14)11-19-17(23)16-12-20-18(21-13-16)22-9-3-2-4-10-22/h5-8,12-13H,2-4,9-11H2,1H3,(H,19,23). The predicted molar refractivity (Wildman–Crippen MR) is 90.4 cm³/mol. The van der Waals surface area contributed by atoms with E-state index in [-0.39, 0.29) is 5.91 Å². The number of aryl methyl sites for hydroxylation is 1. The van der Waals surface area contributed by atoms with Crippen molar-refractivity contribution in [3.05, 3.63) is 53.3 Å². The minimum Gasteiger partial charge on any atom is -0.348 e. The van der Waals surface area contributed by atoms with Gasteiger partial charge in [0, 0.05) is 32.0 Å². The van der Waals surface area contributed by atoms with E-state index in [2.05, 4.69) is 20.2 Å². The monoisotopic (exact) mass is 310 g/mol. The first-order valence-corrected chi connectivity index (χ1v) is 8.13. The Balaban J connectivity index is 1.57. The fraction of sp³-hybridized carbons (Fsp3) is 0.389. The Labute approximate surface area is 136 Å². The maximum absolute atomic E-state index is 12.2. The van der Waals surface area contributed by atoms with Crippen molar-refractivity contribution in [1.29, 1.82) is 0 Å². The number of carbonyl (C=O) groups excluding carboxylic acids is 1. The molecule has 5 nitrogen and oxygen atoms in total. The second kappa shape index (κ2) is 7.22. The zero-order valence-electron chi connectivity index (χ0n) is 13.5. The van der Waals surface area contributed by atoms with Gasteiger partial charge in [0.2, 0.25) is 5.95 Å². The first-order valence-electron chi connectivity index (χ1n) is 8.13. The zero-order chi connectivity index (χ0) is 16.1. The Morgan fingerprint density at radius 3 is 2.39 bits per heavy atom. The number of hydrogen-bond donors (Lipinski definition) is 1. The van der Waals surface area contributed by atoms with E-state index in [1.54, 1.807) is 12.4 Å². The molecule has 5 heteroatoms. The van der Waals surface area contributed by atoms with Gasteiger partial charge in [-0.15, -0.1) is 0 Å². The van der Waals surface area contributed by atoms with E-state index in [4.69, 9.17) is 0 Å². The Kier molecular flexibility index (Phi) is 4.86. The van der Waals surface area contributed by atoms with Gasteiger partial charge in [-0.2, -0.15) is 0 Å². The molecule has 23 heavy (non-hydrogen) atoms. The number of hydrogen-bond acceptors (Lipinski definition) is 4. The van der Waals surface area contributed by atoms with Gasteiger partial charge in [0.15, 0.2) is 0 Å². The molecule has 3 rings (SSSR count). The molecule has 2 heterocycles. The number of nitrogens with one attached hydrogen (secondary N) is 1. The number of nitrogens with zero attached hydrogens (tertiary/aromatic N) is 3. The van der Waals surface area contributed by atoms with Crippen molar-refractivity contribution in [3.8, 4) is 0 Å². The summed E-state index contributed by atoms with van der Waals surface area (Å²) >= 11 is 0. The maximum Gasteiger partial charge on any atom is 0.254 e. The van der Waals surface area contributed by atoms with E-state index in [0.717, 1.165) is 24.6 Å². The van der Waals surface area contributed by atoms with Crippen molar-refractivity contribution in [1.82, 2.24) is 15.3 Å². The molecule has 1 fully saturated rings. The second-order valence-corrected chi connectivity index (χ2v) is 5.99. The Morgan fingerprint density at radius 2 is 1.74 bits per heavy atom. The smallest absolute Gasteiger partial charge is 0.254 e. The maximum atomic E-state index is 12.2. The molecular formula is C18H22N4O. The normalized spacial score (nSPS) is 14.6. The van der Waals surface area contributed by atoms with Crippen LogP contribution in [0.15, 0.2) is 36.7 Å². The highest BCUT2D eigenvalue weighted by atomic mass is 16.1. The molecule has 0 bridgehead atoms. The van der Waals surface area contributed by atoms with Crippen LogP contribution >= 0.6 is 0 Å². The van der Waals surface area contributed by atoms with Gasteiger partial charge in [0.1, 0.15) is 0 Å². The SMILES string of the molecule is Cc1ccc(CNC(=O)c2cnc(N3CCCCC3)nc2)cc1. The van der Waals surface area contributed by atoms with Gasteiger partial charge in [0.25, 0.3) is 5.91 Å². The van der Waals surface area contributed by atoms with Crippen LogP contribution in [0.2, 0.25) is 0 Å². The van der Waals surface area contributed by atoms with Crippen LogP contribution in [0, 0.1) is 6.92 Å². The number of anilines is 1. The topological polar surface area (TPSA) is 58.1 Å². The first-order chi connectivity index (χ1) is 11.2. The van der Waals surface area contributed by atoms with E-state index in [0.29, 0.717) is 12.1 Å². The van der Waals surface area contributed by atoms with Crippen LogP contribution in [0.4, 0.5) is 5.95 Å². The lowest BCUT2D eigenvalue weighted by atomic mass is 10.1. The largest absolute Gasteiger partial charge is 0.348 e. The third-order valence-corrected chi connectivity index (χ3v) is 4.11. The highest BCUT2D eigenvalue weighted by Crippen LogP contribution is 2.15. The van der Waals surface area contributed by atoms with Gasteiger partial charge in [0.05, 0.1) is 5.56 Å². The fourth-order valence-electron chi connectivity index (χ4n) is 2.69. The van der Waals surface area contributed by atoms with E-state index in [1.807, 2.05) is 31.2 Å². The summed E-state index contributed by atoms with van der Waals surface area (Å²) in [6.45, 7) is 4.55. The van der Waals surface area contributed by atoms with E-state index >= 15 is 0 Å². The van der Waals surface area contributed by atoms with Gasteiger partial charge < -0.3 is 10.2 Å². The average molecular weight is 310 g/mol. The van der Waals surface area contributed by atoms with Gasteiger partial charge in [-0.3, -0.25) is 4.79 Å². The molecule has 0 radical (unpaired) electrons. The minimum absolute atomic E-state index is 0.143.